The van der Waals surface area contributed by atoms with Crippen molar-refractivity contribution < 1.29 is 4.79 Å². The highest BCUT2D eigenvalue weighted by Crippen LogP contribution is 2.19. The summed E-state index contributed by atoms with van der Waals surface area (Å²) in [6, 6.07) is 0.138. The molecule has 84 valence electrons. The van der Waals surface area contributed by atoms with Crippen LogP contribution in [0.2, 0.25) is 5.02 Å². The lowest BCUT2D eigenvalue weighted by Crippen LogP contribution is -2.24. The lowest BCUT2D eigenvalue weighted by molar-refractivity contribution is 0.0945. The fourth-order valence-electron chi connectivity index (χ4n) is 1.36. The summed E-state index contributed by atoms with van der Waals surface area (Å²) in [7, 11) is 3.70. The van der Waals surface area contributed by atoms with Gasteiger partial charge in [0, 0.05) is 6.04 Å². The number of rotatable bonds is 4. The van der Waals surface area contributed by atoms with E-state index in [0.29, 0.717) is 17.3 Å². The zero-order valence-corrected chi connectivity index (χ0v) is 10.2. The summed E-state index contributed by atoms with van der Waals surface area (Å²) in [5.41, 5.74) is 0.500. The minimum absolute atomic E-state index is 0.00352. The van der Waals surface area contributed by atoms with E-state index in [2.05, 4.69) is 5.10 Å². The molecule has 0 saturated heterocycles. The minimum atomic E-state index is -0.00352. The van der Waals surface area contributed by atoms with Gasteiger partial charge in [-0.1, -0.05) is 11.6 Å². The van der Waals surface area contributed by atoms with Crippen molar-refractivity contribution in [1.29, 1.82) is 0 Å². The second-order valence-corrected chi connectivity index (χ2v) is 4.45. The average Bonchev–Trinajstić information content (AvgIpc) is 2.45. The normalized spacial score (nSPS) is 11.4. The van der Waals surface area contributed by atoms with Gasteiger partial charge < -0.3 is 4.90 Å². The molecule has 1 aromatic rings. The van der Waals surface area contributed by atoms with Crippen molar-refractivity contribution in [3.63, 3.8) is 0 Å². The first-order chi connectivity index (χ1) is 6.93. The molecule has 1 heterocycles. The van der Waals surface area contributed by atoms with Gasteiger partial charge in [0.25, 0.3) is 0 Å². The molecule has 0 bridgehead atoms. The number of likely N-dealkylation sites (N-methyl/N-ethyl adjacent to an activating group) is 1. The van der Waals surface area contributed by atoms with Gasteiger partial charge >= 0.3 is 0 Å². The molecule has 1 aromatic heterocycles. The van der Waals surface area contributed by atoms with E-state index in [0.717, 1.165) is 0 Å². The number of halogens is 1. The zero-order chi connectivity index (χ0) is 11.6. The lowest BCUT2D eigenvalue weighted by Gasteiger charge is -2.12. The molecule has 5 heteroatoms. The fraction of sp³-hybridized carbons (Fsp3) is 0.600. The summed E-state index contributed by atoms with van der Waals surface area (Å²) < 4.78 is 1.66. The molecule has 15 heavy (non-hydrogen) atoms. The Balaban J connectivity index is 3.01. The van der Waals surface area contributed by atoms with Crippen LogP contribution in [0, 0.1) is 0 Å². The van der Waals surface area contributed by atoms with Crippen LogP contribution in [0.3, 0.4) is 0 Å². The molecule has 0 unspecified atom stereocenters. The fourth-order valence-corrected chi connectivity index (χ4v) is 1.59. The van der Waals surface area contributed by atoms with Crippen molar-refractivity contribution >= 4 is 17.4 Å². The molecule has 0 N–H and O–H groups in total. The Hall–Kier alpha value is -0.870. The first kappa shape index (κ1) is 12.2. The summed E-state index contributed by atoms with van der Waals surface area (Å²) in [4.78, 5) is 13.7. The summed E-state index contributed by atoms with van der Waals surface area (Å²) in [6.45, 7) is 4.28. The monoisotopic (exact) mass is 229 g/mol. The third-order valence-corrected chi connectivity index (χ3v) is 2.24. The average molecular weight is 230 g/mol. The molecule has 0 atom stereocenters. The molecule has 0 aliphatic heterocycles. The molecule has 0 amide bonds. The highest BCUT2D eigenvalue weighted by Gasteiger charge is 2.19. The van der Waals surface area contributed by atoms with Gasteiger partial charge in [-0.2, -0.15) is 5.10 Å². The highest BCUT2D eigenvalue weighted by molar-refractivity contribution is 6.33. The molecule has 0 aromatic carbocycles. The van der Waals surface area contributed by atoms with Gasteiger partial charge in [-0.25, -0.2) is 0 Å². The number of hydrogen-bond acceptors (Lipinski definition) is 3. The van der Waals surface area contributed by atoms with E-state index in [4.69, 9.17) is 11.6 Å². The van der Waals surface area contributed by atoms with Gasteiger partial charge in [0.2, 0.25) is 0 Å². The Labute approximate surface area is 94.8 Å². The van der Waals surface area contributed by atoms with Gasteiger partial charge in [-0.3, -0.25) is 9.48 Å². The Morgan fingerprint density at radius 1 is 1.60 bits per heavy atom. The van der Waals surface area contributed by atoms with Crippen molar-refractivity contribution in [2.75, 3.05) is 20.6 Å². The van der Waals surface area contributed by atoms with Crippen LogP contribution in [0.15, 0.2) is 6.20 Å². The topological polar surface area (TPSA) is 38.1 Å². The summed E-state index contributed by atoms with van der Waals surface area (Å²) >= 11 is 5.94. The Morgan fingerprint density at radius 3 is 2.67 bits per heavy atom. The first-order valence-corrected chi connectivity index (χ1v) is 5.22. The maximum absolute atomic E-state index is 11.9. The van der Waals surface area contributed by atoms with Crippen LogP contribution in [0.4, 0.5) is 0 Å². The summed E-state index contributed by atoms with van der Waals surface area (Å²) in [5, 5.41) is 4.52. The van der Waals surface area contributed by atoms with Gasteiger partial charge in [0.1, 0.15) is 5.69 Å². The molecule has 0 aliphatic rings. The molecular weight excluding hydrogens is 214 g/mol. The predicted molar refractivity (Wildman–Crippen MR) is 60.5 cm³/mol. The summed E-state index contributed by atoms with van der Waals surface area (Å²) in [5.74, 6) is -0.00352. The van der Waals surface area contributed by atoms with Crippen LogP contribution < -0.4 is 0 Å². The molecule has 1 rings (SSSR count). The second-order valence-electron chi connectivity index (χ2n) is 4.04. The van der Waals surface area contributed by atoms with Crippen LogP contribution in [0.25, 0.3) is 0 Å². The van der Waals surface area contributed by atoms with Crippen molar-refractivity contribution in [2.45, 2.75) is 19.9 Å². The molecular formula is C10H16ClN3O. The van der Waals surface area contributed by atoms with Gasteiger partial charge in [0.05, 0.1) is 17.8 Å². The van der Waals surface area contributed by atoms with Gasteiger partial charge in [0.15, 0.2) is 5.78 Å². The number of hydrogen-bond donors (Lipinski definition) is 0. The van der Waals surface area contributed by atoms with E-state index in [1.807, 2.05) is 32.8 Å². The summed E-state index contributed by atoms with van der Waals surface area (Å²) in [6.07, 6.45) is 1.52. The number of Topliss-reactive ketones (excluding diaryl/α,β-unsaturated/α-hetero) is 1. The number of aromatic nitrogens is 2. The smallest absolute Gasteiger partial charge is 0.196 e. The third-order valence-electron chi connectivity index (χ3n) is 1.96. The zero-order valence-electron chi connectivity index (χ0n) is 9.49. The van der Waals surface area contributed by atoms with E-state index in [9.17, 15) is 4.79 Å². The van der Waals surface area contributed by atoms with Crippen molar-refractivity contribution in [3.8, 4) is 0 Å². The van der Waals surface area contributed by atoms with Crippen LogP contribution >= 0.6 is 11.6 Å². The third kappa shape index (κ3) is 2.79. The van der Waals surface area contributed by atoms with E-state index in [1.54, 1.807) is 4.68 Å². The van der Waals surface area contributed by atoms with E-state index >= 15 is 0 Å². The largest absolute Gasteiger partial charge is 0.302 e. The van der Waals surface area contributed by atoms with Crippen molar-refractivity contribution in [3.05, 3.63) is 16.9 Å². The molecule has 0 aliphatic carbocycles. The van der Waals surface area contributed by atoms with Crippen LogP contribution in [-0.2, 0) is 0 Å². The van der Waals surface area contributed by atoms with E-state index in [-0.39, 0.29) is 11.8 Å². The van der Waals surface area contributed by atoms with Crippen LogP contribution in [0.1, 0.15) is 30.4 Å². The van der Waals surface area contributed by atoms with Crippen LogP contribution in [0.5, 0.6) is 0 Å². The lowest BCUT2D eigenvalue weighted by atomic mass is 10.2. The molecule has 0 radical (unpaired) electrons. The number of nitrogens with zero attached hydrogens (tertiary/aromatic N) is 3. The quantitative estimate of drug-likeness (QED) is 0.740. The maximum Gasteiger partial charge on any atom is 0.196 e. The minimum Gasteiger partial charge on any atom is -0.302 e. The SMILES string of the molecule is CC(C)n1ncc(Cl)c1C(=O)CN(C)C. The molecule has 0 saturated carbocycles. The maximum atomic E-state index is 11.9. The number of carbonyl (C=O) groups excluding carboxylic acids is 1. The highest BCUT2D eigenvalue weighted by atomic mass is 35.5. The van der Waals surface area contributed by atoms with Gasteiger partial charge in [-0.15, -0.1) is 0 Å². The van der Waals surface area contributed by atoms with E-state index in [1.165, 1.54) is 6.20 Å². The van der Waals surface area contributed by atoms with E-state index < -0.39 is 0 Å². The number of ketones is 1. The molecule has 0 spiro atoms. The Bertz CT molecular complexity index is 358. The Morgan fingerprint density at radius 2 is 2.20 bits per heavy atom. The Kier molecular flexibility index (Phi) is 3.88. The first-order valence-electron chi connectivity index (χ1n) is 4.84. The standard InChI is InChI=1S/C10H16ClN3O/c1-7(2)14-10(8(11)5-12-14)9(15)6-13(3)4/h5,7H,6H2,1-4H3. The van der Waals surface area contributed by atoms with Crippen molar-refractivity contribution in [1.82, 2.24) is 14.7 Å². The second kappa shape index (κ2) is 4.77. The van der Waals surface area contributed by atoms with Crippen molar-refractivity contribution in [2.24, 2.45) is 0 Å². The van der Waals surface area contributed by atoms with Gasteiger partial charge in [-0.05, 0) is 27.9 Å². The van der Waals surface area contributed by atoms with Crippen LogP contribution in [-0.4, -0.2) is 41.1 Å². The molecule has 4 nitrogen and oxygen atoms in total. The number of carbonyl (C=O) groups is 1. The predicted octanol–water partition coefficient (Wildman–Crippen LogP) is 1.86. The molecule has 0 fully saturated rings.